The molecule has 1 fully saturated rings. The molecule has 1 aromatic carbocycles. The van der Waals surface area contributed by atoms with Crippen LogP contribution in [-0.4, -0.2) is 41.9 Å². The molecule has 0 aliphatic carbocycles. The van der Waals surface area contributed by atoms with E-state index in [0.717, 1.165) is 31.5 Å². The van der Waals surface area contributed by atoms with E-state index in [1.165, 1.54) is 12.5 Å². The van der Waals surface area contributed by atoms with Crippen LogP contribution in [0.25, 0.3) is 0 Å². The van der Waals surface area contributed by atoms with Crippen LogP contribution in [0.1, 0.15) is 25.3 Å². The highest BCUT2D eigenvalue weighted by atomic mass is 16.2. The van der Waals surface area contributed by atoms with Crippen LogP contribution in [0.15, 0.2) is 24.3 Å². The molecule has 112 valence electrons. The molecule has 2 atom stereocenters. The first kappa shape index (κ1) is 13.9. The average molecular weight is 287 g/mol. The maximum Gasteiger partial charge on any atom is 0.245 e. The highest BCUT2D eigenvalue weighted by Crippen LogP contribution is 2.26. The first-order valence-electron chi connectivity index (χ1n) is 7.54. The summed E-state index contributed by atoms with van der Waals surface area (Å²) < 4.78 is 0. The molecule has 5 nitrogen and oxygen atoms in total. The third-order valence-corrected chi connectivity index (χ3v) is 4.21. The summed E-state index contributed by atoms with van der Waals surface area (Å²) in [5.74, 6) is 0.113. The lowest BCUT2D eigenvalue weighted by Crippen LogP contribution is -2.52. The van der Waals surface area contributed by atoms with Crippen molar-refractivity contribution in [2.45, 2.75) is 38.3 Å². The number of benzene rings is 1. The third kappa shape index (κ3) is 3.01. The standard InChI is InChI=1S/C16H21N3O2/c1-11(20)17-13-6-4-8-19(10-13)16(21)15-9-12-5-2-3-7-14(12)18-15/h2-3,5,7,13,15,18H,4,6,8-10H2,1H3,(H,17,20)/t13-,15+/m0/s1. The highest BCUT2D eigenvalue weighted by molar-refractivity contribution is 5.87. The summed E-state index contributed by atoms with van der Waals surface area (Å²) in [7, 11) is 0. The monoisotopic (exact) mass is 287 g/mol. The van der Waals surface area contributed by atoms with Gasteiger partial charge in [0.1, 0.15) is 6.04 Å². The smallest absolute Gasteiger partial charge is 0.245 e. The van der Waals surface area contributed by atoms with Gasteiger partial charge < -0.3 is 15.5 Å². The minimum Gasteiger partial charge on any atom is -0.373 e. The van der Waals surface area contributed by atoms with Gasteiger partial charge in [-0.25, -0.2) is 0 Å². The van der Waals surface area contributed by atoms with Crippen molar-refractivity contribution >= 4 is 17.5 Å². The van der Waals surface area contributed by atoms with Gasteiger partial charge in [0.2, 0.25) is 11.8 Å². The van der Waals surface area contributed by atoms with Crippen molar-refractivity contribution in [1.29, 1.82) is 0 Å². The molecule has 1 saturated heterocycles. The van der Waals surface area contributed by atoms with E-state index >= 15 is 0 Å². The van der Waals surface area contributed by atoms with Gasteiger partial charge >= 0.3 is 0 Å². The molecule has 0 radical (unpaired) electrons. The molecule has 2 aliphatic rings. The quantitative estimate of drug-likeness (QED) is 0.858. The van der Waals surface area contributed by atoms with E-state index in [0.29, 0.717) is 6.54 Å². The van der Waals surface area contributed by atoms with E-state index in [-0.39, 0.29) is 23.9 Å². The Hall–Kier alpha value is -2.04. The number of piperidine rings is 1. The normalized spacial score (nSPS) is 24.1. The molecule has 2 aliphatic heterocycles. The van der Waals surface area contributed by atoms with Gasteiger partial charge in [-0.05, 0) is 24.5 Å². The number of nitrogens with one attached hydrogen (secondary N) is 2. The summed E-state index contributed by atoms with van der Waals surface area (Å²) in [4.78, 5) is 25.7. The maximum atomic E-state index is 12.7. The fraction of sp³-hybridized carbons (Fsp3) is 0.500. The lowest BCUT2D eigenvalue weighted by atomic mass is 10.0. The van der Waals surface area contributed by atoms with Crippen molar-refractivity contribution in [2.75, 3.05) is 18.4 Å². The zero-order chi connectivity index (χ0) is 14.8. The molecule has 0 spiro atoms. The number of para-hydroxylation sites is 1. The molecule has 0 saturated carbocycles. The fourth-order valence-electron chi connectivity index (χ4n) is 3.25. The molecular weight excluding hydrogens is 266 g/mol. The number of likely N-dealkylation sites (tertiary alicyclic amines) is 1. The molecule has 0 unspecified atom stereocenters. The number of anilines is 1. The predicted octanol–water partition coefficient (Wildman–Crippen LogP) is 1.15. The predicted molar refractivity (Wildman–Crippen MR) is 81.0 cm³/mol. The van der Waals surface area contributed by atoms with Gasteiger partial charge in [-0.1, -0.05) is 18.2 Å². The van der Waals surface area contributed by atoms with Crippen LogP contribution in [0.5, 0.6) is 0 Å². The van der Waals surface area contributed by atoms with Gasteiger partial charge in [-0.2, -0.15) is 0 Å². The van der Waals surface area contributed by atoms with Gasteiger partial charge in [-0.15, -0.1) is 0 Å². The number of amides is 2. The number of carbonyl (C=O) groups is 2. The Morgan fingerprint density at radius 2 is 2.14 bits per heavy atom. The Balaban J connectivity index is 1.62. The van der Waals surface area contributed by atoms with Crippen molar-refractivity contribution in [3.63, 3.8) is 0 Å². The minimum absolute atomic E-state index is 0.0271. The lowest BCUT2D eigenvalue weighted by molar-refractivity contribution is -0.134. The molecule has 3 rings (SSSR count). The van der Waals surface area contributed by atoms with Crippen molar-refractivity contribution in [2.24, 2.45) is 0 Å². The van der Waals surface area contributed by atoms with Crippen LogP contribution >= 0.6 is 0 Å². The minimum atomic E-state index is -0.168. The zero-order valence-corrected chi connectivity index (χ0v) is 12.3. The highest BCUT2D eigenvalue weighted by Gasteiger charge is 2.32. The van der Waals surface area contributed by atoms with E-state index < -0.39 is 0 Å². The van der Waals surface area contributed by atoms with Gasteiger partial charge in [0.15, 0.2) is 0 Å². The largest absolute Gasteiger partial charge is 0.373 e. The van der Waals surface area contributed by atoms with Gasteiger partial charge in [0, 0.05) is 38.2 Å². The third-order valence-electron chi connectivity index (χ3n) is 4.21. The SMILES string of the molecule is CC(=O)N[C@H]1CCCN(C(=O)[C@H]2Cc3ccccc3N2)C1. The van der Waals surface area contributed by atoms with Crippen LogP contribution in [0.2, 0.25) is 0 Å². The summed E-state index contributed by atoms with van der Waals surface area (Å²) in [5, 5.41) is 6.23. The molecule has 2 amide bonds. The molecule has 21 heavy (non-hydrogen) atoms. The number of nitrogens with zero attached hydrogens (tertiary/aromatic N) is 1. The van der Waals surface area contributed by atoms with Crippen molar-refractivity contribution in [3.05, 3.63) is 29.8 Å². The van der Waals surface area contributed by atoms with E-state index in [1.807, 2.05) is 23.1 Å². The average Bonchev–Trinajstić information content (AvgIpc) is 2.90. The second-order valence-electron chi connectivity index (χ2n) is 5.88. The molecule has 0 bridgehead atoms. The van der Waals surface area contributed by atoms with E-state index in [2.05, 4.69) is 16.7 Å². The summed E-state index contributed by atoms with van der Waals surface area (Å²) in [5.41, 5.74) is 2.26. The second-order valence-corrected chi connectivity index (χ2v) is 5.88. The molecular formula is C16H21N3O2. The lowest BCUT2D eigenvalue weighted by Gasteiger charge is -2.34. The van der Waals surface area contributed by atoms with Crippen LogP contribution in [0.4, 0.5) is 5.69 Å². The Morgan fingerprint density at radius 1 is 1.33 bits per heavy atom. The van der Waals surface area contributed by atoms with Gasteiger partial charge in [-0.3, -0.25) is 9.59 Å². The number of rotatable bonds is 2. The van der Waals surface area contributed by atoms with Crippen LogP contribution < -0.4 is 10.6 Å². The molecule has 5 heteroatoms. The van der Waals surface area contributed by atoms with Crippen molar-refractivity contribution in [1.82, 2.24) is 10.2 Å². The Labute approximate surface area is 124 Å². The van der Waals surface area contributed by atoms with Crippen LogP contribution in [0, 0.1) is 0 Å². The Kier molecular flexibility index (Phi) is 3.82. The first-order valence-corrected chi connectivity index (χ1v) is 7.54. The molecule has 0 aromatic heterocycles. The molecule has 1 aromatic rings. The zero-order valence-electron chi connectivity index (χ0n) is 12.3. The number of hydrogen-bond acceptors (Lipinski definition) is 3. The number of fused-ring (bicyclic) bond motifs is 1. The first-order chi connectivity index (χ1) is 10.1. The second kappa shape index (κ2) is 5.76. The summed E-state index contributed by atoms with van der Waals surface area (Å²) in [6.07, 6.45) is 2.63. The maximum absolute atomic E-state index is 12.7. The van der Waals surface area contributed by atoms with E-state index in [4.69, 9.17) is 0 Å². The van der Waals surface area contributed by atoms with Crippen molar-refractivity contribution < 1.29 is 9.59 Å². The van der Waals surface area contributed by atoms with Crippen LogP contribution in [-0.2, 0) is 16.0 Å². The molecule has 2 N–H and O–H groups in total. The number of hydrogen-bond donors (Lipinski definition) is 2. The summed E-state index contributed by atoms with van der Waals surface area (Å²) in [6, 6.07) is 7.97. The molecule has 2 heterocycles. The summed E-state index contributed by atoms with van der Waals surface area (Å²) in [6.45, 7) is 2.92. The topological polar surface area (TPSA) is 61.4 Å². The van der Waals surface area contributed by atoms with Crippen molar-refractivity contribution in [3.8, 4) is 0 Å². The van der Waals surface area contributed by atoms with Crippen LogP contribution in [0.3, 0.4) is 0 Å². The number of carbonyl (C=O) groups excluding carboxylic acids is 2. The Bertz CT molecular complexity index is 533. The van der Waals surface area contributed by atoms with E-state index in [1.54, 1.807) is 0 Å². The fourth-order valence-corrected chi connectivity index (χ4v) is 3.25. The summed E-state index contributed by atoms with van der Waals surface area (Å²) >= 11 is 0. The van der Waals surface area contributed by atoms with Gasteiger partial charge in [0.05, 0.1) is 0 Å². The van der Waals surface area contributed by atoms with Gasteiger partial charge in [0.25, 0.3) is 0 Å². The van der Waals surface area contributed by atoms with E-state index in [9.17, 15) is 9.59 Å². The Morgan fingerprint density at radius 3 is 2.90 bits per heavy atom.